The van der Waals surface area contributed by atoms with E-state index in [1.807, 2.05) is 0 Å². The molecule has 2 unspecified atom stereocenters. The Bertz CT molecular complexity index is 734. The van der Waals surface area contributed by atoms with Crippen molar-refractivity contribution in [1.82, 2.24) is 9.80 Å². The van der Waals surface area contributed by atoms with Gasteiger partial charge in [0.2, 0.25) is 5.91 Å². The van der Waals surface area contributed by atoms with Crippen molar-refractivity contribution in [3.8, 4) is 0 Å². The molecule has 2 saturated heterocycles. The van der Waals surface area contributed by atoms with E-state index in [1.54, 1.807) is 0 Å². The number of hydrogen-bond acceptors (Lipinski definition) is 3. The summed E-state index contributed by atoms with van der Waals surface area (Å²) >= 11 is 0. The van der Waals surface area contributed by atoms with Gasteiger partial charge in [0.1, 0.15) is 0 Å². The Hall–Kier alpha value is -2.17. The van der Waals surface area contributed by atoms with Crippen molar-refractivity contribution in [2.45, 2.75) is 19.3 Å². The average molecular weight is 393 g/mol. The summed E-state index contributed by atoms with van der Waals surface area (Å²) < 4.78 is 5.49. The molecule has 4 heteroatoms. The van der Waals surface area contributed by atoms with Gasteiger partial charge in [0.05, 0.1) is 19.1 Å². The topological polar surface area (TPSA) is 32.8 Å². The highest BCUT2D eigenvalue weighted by atomic mass is 16.5. The van der Waals surface area contributed by atoms with Crippen LogP contribution in [0.1, 0.15) is 30.4 Å². The lowest BCUT2D eigenvalue weighted by Crippen LogP contribution is -2.38. The van der Waals surface area contributed by atoms with Crippen LogP contribution in [0, 0.1) is 11.8 Å². The molecule has 2 aliphatic heterocycles. The lowest BCUT2D eigenvalue weighted by atomic mass is 9.74. The van der Waals surface area contributed by atoms with E-state index in [9.17, 15) is 4.79 Å². The Labute approximate surface area is 174 Å². The summed E-state index contributed by atoms with van der Waals surface area (Å²) in [6.45, 7) is 8.47. The van der Waals surface area contributed by atoms with Gasteiger partial charge in [-0.3, -0.25) is 9.69 Å². The predicted octanol–water partition coefficient (Wildman–Crippen LogP) is 3.64. The van der Waals surface area contributed by atoms with Gasteiger partial charge in [0, 0.05) is 32.1 Å². The largest absolute Gasteiger partial charge is 0.379 e. The Morgan fingerprint density at radius 1 is 0.966 bits per heavy atom. The quantitative estimate of drug-likeness (QED) is 0.721. The summed E-state index contributed by atoms with van der Waals surface area (Å²) in [4.78, 5) is 18.0. The van der Waals surface area contributed by atoms with Crippen LogP contribution in [0.4, 0.5) is 0 Å². The Balaban J connectivity index is 1.63. The van der Waals surface area contributed by atoms with Crippen molar-refractivity contribution < 1.29 is 9.53 Å². The monoisotopic (exact) mass is 392 g/mol. The van der Waals surface area contributed by atoms with Crippen molar-refractivity contribution in [2.24, 2.45) is 11.8 Å². The highest BCUT2D eigenvalue weighted by Crippen LogP contribution is 2.42. The van der Waals surface area contributed by atoms with E-state index in [4.69, 9.17) is 4.74 Å². The molecule has 2 aromatic rings. The standard InChI is InChI=1S/C25H32N2O2/c1-2-27-19-22(13-14-26-15-17-29-18-16-26)24(25(27)28)23(20-9-5-3-6-10-20)21-11-7-4-8-12-21/h3-12,22-24H,2,13-19H2,1H3. The van der Waals surface area contributed by atoms with Crippen LogP contribution in [-0.2, 0) is 9.53 Å². The smallest absolute Gasteiger partial charge is 0.226 e. The molecule has 2 aliphatic rings. The zero-order chi connectivity index (χ0) is 20.1. The van der Waals surface area contributed by atoms with E-state index in [0.717, 1.165) is 52.4 Å². The van der Waals surface area contributed by atoms with Crippen LogP contribution < -0.4 is 0 Å². The summed E-state index contributed by atoms with van der Waals surface area (Å²) in [6.07, 6.45) is 1.06. The fraction of sp³-hybridized carbons (Fsp3) is 0.480. The molecular weight excluding hydrogens is 360 g/mol. The number of hydrogen-bond donors (Lipinski definition) is 0. The molecule has 0 spiro atoms. The van der Waals surface area contributed by atoms with Gasteiger partial charge in [-0.2, -0.15) is 0 Å². The van der Waals surface area contributed by atoms with Gasteiger partial charge in [-0.25, -0.2) is 0 Å². The number of nitrogens with zero attached hydrogens (tertiary/aromatic N) is 2. The normalized spacial score (nSPS) is 23.1. The van der Waals surface area contributed by atoms with Crippen molar-refractivity contribution in [2.75, 3.05) is 45.9 Å². The molecule has 0 bridgehead atoms. The van der Waals surface area contributed by atoms with Gasteiger partial charge in [-0.15, -0.1) is 0 Å². The van der Waals surface area contributed by atoms with Crippen LogP contribution in [0.2, 0.25) is 0 Å². The number of morpholine rings is 1. The minimum absolute atomic E-state index is 0.000732. The molecule has 2 aromatic carbocycles. The molecule has 2 heterocycles. The summed E-state index contributed by atoms with van der Waals surface area (Å²) in [5.41, 5.74) is 2.48. The molecule has 2 atom stereocenters. The molecule has 4 rings (SSSR count). The number of carbonyl (C=O) groups excluding carboxylic acids is 1. The zero-order valence-corrected chi connectivity index (χ0v) is 17.4. The number of benzene rings is 2. The number of likely N-dealkylation sites (tertiary alicyclic amines) is 1. The van der Waals surface area contributed by atoms with Gasteiger partial charge in [-0.05, 0) is 36.9 Å². The van der Waals surface area contributed by atoms with Crippen LogP contribution >= 0.6 is 0 Å². The third-order valence-electron chi connectivity index (χ3n) is 6.54. The van der Waals surface area contributed by atoms with E-state index in [2.05, 4.69) is 77.4 Å². The highest BCUT2D eigenvalue weighted by Gasteiger charge is 2.44. The molecule has 1 amide bonds. The Kier molecular flexibility index (Phi) is 6.63. The maximum absolute atomic E-state index is 13.5. The van der Waals surface area contributed by atoms with Gasteiger partial charge in [0.15, 0.2) is 0 Å². The first kappa shape index (κ1) is 20.1. The number of rotatable bonds is 7. The second-order valence-corrected chi connectivity index (χ2v) is 8.20. The number of amides is 1. The van der Waals surface area contributed by atoms with Crippen molar-refractivity contribution in [3.05, 3.63) is 71.8 Å². The Morgan fingerprint density at radius 3 is 2.10 bits per heavy atom. The van der Waals surface area contributed by atoms with E-state index in [-0.39, 0.29) is 11.8 Å². The predicted molar refractivity (Wildman–Crippen MR) is 116 cm³/mol. The summed E-state index contributed by atoms with van der Waals surface area (Å²) in [5, 5.41) is 0. The van der Waals surface area contributed by atoms with E-state index < -0.39 is 0 Å². The van der Waals surface area contributed by atoms with Crippen LogP contribution in [0.3, 0.4) is 0 Å². The van der Waals surface area contributed by atoms with Gasteiger partial charge in [0.25, 0.3) is 0 Å². The first-order valence-electron chi connectivity index (χ1n) is 11.0. The lowest BCUT2D eigenvalue weighted by molar-refractivity contribution is -0.131. The maximum atomic E-state index is 13.5. The van der Waals surface area contributed by atoms with Crippen molar-refractivity contribution in [3.63, 3.8) is 0 Å². The highest BCUT2D eigenvalue weighted by molar-refractivity contribution is 5.83. The second-order valence-electron chi connectivity index (χ2n) is 8.20. The second kappa shape index (κ2) is 9.55. The van der Waals surface area contributed by atoms with Gasteiger partial charge in [-0.1, -0.05) is 60.7 Å². The van der Waals surface area contributed by atoms with Crippen LogP contribution in [-0.4, -0.2) is 61.6 Å². The van der Waals surface area contributed by atoms with Crippen LogP contribution in [0.5, 0.6) is 0 Å². The third-order valence-corrected chi connectivity index (χ3v) is 6.54. The average Bonchev–Trinajstić information content (AvgIpc) is 3.10. The molecular formula is C25H32N2O2. The molecule has 0 aromatic heterocycles. The van der Waals surface area contributed by atoms with E-state index >= 15 is 0 Å². The number of ether oxygens (including phenoxy) is 1. The molecule has 0 radical (unpaired) electrons. The molecule has 0 N–H and O–H groups in total. The van der Waals surface area contributed by atoms with Crippen molar-refractivity contribution >= 4 is 5.91 Å². The van der Waals surface area contributed by atoms with Gasteiger partial charge < -0.3 is 9.64 Å². The minimum atomic E-state index is 0.000732. The molecule has 2 fully saturated rings. The molecule has 4 nitrogen and oxygen atoms in total. The molecule has 0 saturated carbocycles. The van der Waals surface area contributed by atoms with Crippen LogP contribution in [0.15, 0.2) is 60.7 Å². The third kappa shape index (κ3) is 4.54. The summed E-state index contributed by atoms with van der Waals surface area (Å²) in [6, 6.07) is 21.2. The summed E-state index contributed by atoms with van der Waals surface area (Å²) in [5.74, 6) is 0.796. The fourth-order valence-corrected chi connectivity index (χ4v) is 4.97. The molecule has 154 valence electrons. The SMILES string of the molecule is CCN1CC(CCN2CCOCC2)C(C(c2ccccc2)c2ccccc2)C1=O. The Morgan fingerprint density at radius 2 is 1.55 bits per heavy atom. The lowest BCUT2D eigenvalue weighted by Gasteiger charge is -2.31. The van der Waals surface area contributed by atoms with Gasteiger partial charge >= 0.3 is 0 Å². The first-order valence-corrected chi connectivity index (χ1v) is 11.0. The summed E-state index contributed by atoms with van der Waals surface area (Å²) in [7, 11) is 0. The molecule has 0 aliphatic carbocycles. The van der Waals surface area contributed by atoms with E-state index in [0.29, 0.717) is 11.8 Å². The number of carbonyl (C=O) groups is 1. The first-order chi connectivity index (χ1) is 14.3. The maximum Gasteiger partial charge on any atom is 0.226 e. The minimum Gasteiger partial charge on any atom is -0.379 e. The van der Waals surface area contributed by atoms with E-state index in [1.165, 1.54) is 11.1 Å². The van der Waals surface area contributed by atoms with Crippen LogP contribution in [0.25, 0.3) is 0 Å². The zero-order valence-electron chi connectivity index (χ0n) is 17.4. The molecule has 29 heavy (non-hydrogen) atoms. The fourth-order valence-electron chi connectivity index (χ4n) is 4.97. The van der Waals surface area contributed by atoms with Crippen molar-refractivity contribution in [1.29, 1.82) is 0 Å².